The molecule has 0 bridgehead atoms. The van der Waals surface area contributed by atoms with Gasteiger partial charge in [-0.25, -0.2) is 0 Å². The van der Waals surface area contributed by atoms with Crippen molar-refractivity contribution in [1.82, 2.24) is 4.90 Å². The second-order valence-corrected chi connectivity index (χ2v) is 26.4. The molecule has 1 aliphatic carbocycles. The third-order valence-electron chi connectivity index (χ3n) is 9.56. The van der Waals surface area contributed by atoms with Gasteiger partial charge in [0.25, 0.3) is 8.32 Å². The summed E-state index contributed by atoms with van der Waals surface area (Å²) in [5.74, 6) is 1.36. The van der Waals surface area contributed by atoms with E-state index < -0.39 is 16.4 Å². The second kappa shape index (κ2) is 14.8. The summed E-state index contributed by atoms with van der Waals surface area (Å²) in [5.41, 5.74) is 0.943. The van der Waals surface area contributed by atoms with Gasteiger partial charge in [-0.05, 0) is 52.3 Å². The van der Waals surface area contributed by atoms with Crippen molar-refractivity contribution in [3.63, 3.8) is 0 Å². The molecule has 0 aromatic heterocycles. The van der Waals surface area contributed by atoms with Crippen LogP contribution in [0.25, 0.3) is 0 Å². The smallest absolute Gasteiger partial charge is 0.261 e. The van der Waals surface area contributed by atoms with Crippen LogP contribution in [-0.2, 0) is 9.16 Å². The highest BCUT2D eigenvalue weighted by atomic mass is 35.5. The van der Waals surface area contributed by atoms with Gasteiger partial charge in [-0.1, -0.05) is 136 Å². The molecule has 0 radical (unpaired) electrons. The zero-order valence-electron chi connectivity index (χ0n) is 28.2. The number of ether oxygens (including phenoxy) is 2. The largest absolute Gasteiger partial charge is 0.467 e. The fourth-order valence-electron chi connectivity index (χ4n) is 6.97. The Morgan fingerprint density at radius 2 is 1.50 bits per heavy atom. The summed E-state index contributed by atoms with van der Waals surface area (Å²) in [6.07, 6.45) is 2.91. The van der Waals surface area contributed by atoms with Crippen LogP contribution in [-0.4, -0.2) is 58.9 Å². The minimum atomic E-state index is -2.55. The maximum atomic E-state index is 7.25. The molecule has 5 rings (SSSR count). The van der Waals surface area contributed by atoms with E-state index >= 15 is 0 Å². The molecule has 1 saturated carbocycles. The quantitative estimate of drug-likeness (QED) is 0.0763. The van der Waals surface area contributed by atoms with Gasteiger partial charge >= 0.3 is 0 Å². The van der Waals surface area contributed by atoms with Gasteiger partial charge in [0, 0.05) is 51.8 Å². The summed E-state index contributed by atoms with van der Waals surface area (Å²) in [6, 6.07) is 27.0. The summed E-state index contributed by atoms with van der Waals surface area (Å²) in [4.78, 5) is 3.42. The van der Waals surface area contributed by atoms with Crippen molar-refractivity contribution in [1.29, 1.82) is 0 Å². The molecule has 9 heteroatoms. The van der Waals surface area contributed by atoms with Gasteiger partial charge in [-0.2, -0.15) is 0 Å². The van der Waals surface area contributed by atoms with Gasteiger partial charge in [-0.3, -0.25) is 0 Å². The fourth-order valence-corrected chi connectivity index (χ4v) is 13.3. The highest BCUT2D eigenvalue weighted by molar-refractivity contribution is 7.80. The van der Waals surface area contributed by atoms with E-state index in [1.54, 1.807) is 6.07 Å². The van der Waals surface area contributed by atoms with Crippen LogP contribution >= 0.6 is 35.4 Å². The molecule has 1 atom stereocenters. The van der Waals surface area contributed by atoms with E-state index in [4.69, 9.17) is 49.3 Å². The number of thiocarbonyl (C=S) groups is 1. The monoisotopic (exact) mass is 713 g/mol. The van der Waals surface area contributed by atoms with Crippen LogP contribution in [0.5, 0.6) is 5.75 Å². The van der Waals surface area contributed by atoms with Crippen molar-refractivity contribution in [2.24, 2.45) is 5.92 Å². The predicted molar refractivity (Wildman–Crippen MR) is 203 cm³/mol. The molecular formula is C37H49Cl2NO3SSi2. The van der Waals surface area contributed by atoms with E-state index in [1.165, 1.54) is 10.4 Å². The molecule has 0 spiro atoms. The van der Waals surface area contributed by atoms with E-state index in [1.807, 2.05) is 6.07 Å². The summed E-state index contributed by atoms with van der Waals surface area (Å²) in [7, 11) is -3.71. The van der Waals surface area contributed by atoms with Gasteiger partial charge in [0.15, 0.2) is 6.79 Å². The number of likely N-dealkylation sites (tertiary alicyclic amines) is 1. The molecule has 4 nitrogen and oxygen atoms in total. The van der Waals surface area contributed by atoms with Crippen molar-refractivity contribution in [3.05, 3.63) is 88.4 Å². The van der Waals surface area contributed by atoms with Crippen LogP contribution in [0, 0.1) is 5.92 Å². The van der Waals surface area contributed by atoms with Crippen molar-refractivity contribution in [3.8, 4) is 5.75 Å². The van der Waals surface area contributed by atoms with E-state index in [2.05, 4.69) is 106 Å². The van der Waals surface area contributed by atoms with E-state index in [9.17, 15) is 0 Å². The molecule has 46 heavy (non-hydrogen) atoms. The molecular weight excluding hydrogens is 666 g/mol. The molecule has 2 aliphatic rings. The Morgan fingerprint density at radius 3 is 2.07 bits per heavy atom. The fraction of sp³-hybridized carbons (Fsp3) is 0.486. The maximum Gasteiger partial charge on any atom is 0.261 e. The van der Waals surface area contributed by atoms with Crippen LogP contribution < -0.4 is 15.1 Å². The molecule has 0 amide bonds. The zero-order chi connectivity index (χ0) is 33.1. The van der Waals surface area contributed by atoms with Crippen LogP contribution in [0.3, 0.4) is 0 Å². The van der Waals surface area contributed by atoms with E-state index in [0.29, 0.717) is 28.6 Å². The highest BCUT2D eigenvalue weighted by Gasteiger charge is 2.51. The molecule has 1 heterocycles. The van der Waals surface area contributed by atoms with Crippen molar-refractivity contribution in [2.45, 2.75) is 82.7 Å². The minimum Gasteiger partial charge on any atom is -0.467 e. The average molecular weight is 715 g/mol. The molecule has 0 N–H and O–H groups in total. The number of halogens is 2. The van der Waals surface area contributed by atoms with E-state index in [-0.39, 0.29) is 17.7 Å². The van der Waals surface area contributed by atoms with Crippen molar-refractivity contribution >= 4 is 67.2 Å². The lowest BCUT2D eigenvalue weighted by atomic mass is 9.80. The van der Waals surface area contributed by atoms with Crippen molar-refractivity contribution < 1.29 is 13.9 Å². The summed E-state index contributed by atoms with van der Waals surface area (Å²) >= 11 is 19.3. The predicted octanol–water partition coefficient (Wildman–Crippen LogP) is 9.16. The first-order valence-electron chi connectivity index (χ1n) is 16.5. The maximum absolute atomic E-state index is 7.25. The van der Waals surface area contributed by atoms with Crippen LogP contribution in [0.1, 0.15) is 51.5 Å². The lowest BCUT2D eigenvalue weighted by molar-refractivity contribution is 0.0212. The van der Waals surface area contributed by atoms with Gasteiger partial charge in [-0.15, -0.1) is 0 Å². The summed E-state index contributed by atoms with van der Waals surface area (Å²) < 4.78 is 19.2. The zero-order valence-corrected chi connectivity index (χ0v) is 32.5. The normalized spacial score (nSPS) is 20.6. The molecule has 1 aliphatic heterocycles. The first kappa shape index (κ1) is 35.6. The van der Waals surface area contributed by atoms with Crippen LogP contribution in [0.2, 0.25) is 40.8 Å². The highest BCUT2D eigenvalue weighted by Crippen LogP contribution is 2.46. The Hall–Kier alpha value is -1.72. The lowest BCUT2D eigenvalue weighted by Gasteiger charge is -2.47. The Balaban J connectivity index is 1.24. The lowest BCUT2D eigenvalue weighted by Crippen LogP contribution is -2.67. The Bertz CT molecular complexity index is 1430. The SMILES string of the molecule is CC(C)(C)[Si](OCC1CC(N2C[C@@H](c3c(OCOCC[Si](C)(C)C)ccc(Cl)c3Cl)CC2=S)C1)(c1ccccc1)c1ccccc1. The van der Waals surface area contributed by atoms with Crippen LogP contribution in [0.15, 0.2) is 72.8 Å². The number of benzene rings is 3. The number of rotatable bonds is 13. The molecule has 1 saturated heterocycles. The average Bonchev–Trinajstić information content (AvgIpc) is 3.35. The third kappa shape index (κ3) is 7.94. The minimum absolute atomic E-state index is 0.0298. The topological polar surface area (TPSA) is 30.9 Å². The third-order valence-corrected chi connectivity index (χ3v) is 17.5. The Kier molecular flexibility index (Phi) is 11.5. The molecule has 248 valence electrons. The molecule has 3 aromatic carbocycles. The number of hydrogen-bond donors (Lipinski definition) is 0. The second-order valence-electron chi connectivity index (χ2n) is 15.2. The standard InChI is InChI=1S/C37H49Cl2NO3SSi2/c1-37(2,3)46(30-13-9-7-10-14-30,31-15-11-8-12-16-31)43-25-27-21-29(22-27)40-24-28(23-34(40)44)35-33(18-17-32(38)36(35)39)42-26-41-19-20-45(4,5)6/h7-18,27-29H,19-26H2,1-6H3/t27?,28-,29?/m0/s1. The first-order valence-corrected chi connectivity index (χ1v) is 23.3. The number of hydrogen-bond acceptors (Lipinski definition) is 4. The Labute approximate surface area is 293 Å². The molecule has 3 aromatic rings. The van der Waals surface area contributed by atoms with Gasteiger partial charge in [0.1, 0.15) is 5.75 Å². The van der Waals surface area contributed by atoms with Gasteiger partial charge < -0.3 is 18.8 Å². The first-order chi connectivity index (χ1) is 21.8. The van der Waals surface area contributed by atoms with E-state index in [0.717, 1.165) is 54.8 Å². The summed E-state index contributed by atoms with van der Waals surface area (Å²) in [6.45, 7) is 16.5. The van der Waals surface area contributed by atoms with Crippen molar-refractivity contribution in [2.75, 3.05) is 26.6 Å². The Morgan fingerprint density at radius 1 is 0.891 bits per heavy atom. The van der Waals surface area contributed by atoms with Crippen LogP contribution in [0.4, 0.5) is 0 Å². The molecule has 2 fully saturated rings. The molecule has 0 unspecified atom stereocenters. The summed E-state index contributed by atoms with van der Waals surface area (Å²) in [5, 5.41) is 3.72. The van der Waals surface area contributed by atoms with Gasteiger partial charge in [0.05, 0.1) is 15.0 Å². The van der Waals surface area contributed by atoms with Gasteiger partial charge in [0.2, 0.25) is 0 Å². The number of nitrogens with zero attached hydrogens (tertiary/aromatic N) is 1.